The zero-order valence-electron chi connectivity index (χ0n) is 16.6. The maximum atomic E-state index is 13.4. The van der Waals surface area contributed by atoms with E-state index in [0.29, 0.717) is 32.6 Å². The van der Waals surface area contributed by atoms with Gasteiger partial charge in [0, 0.05) is 10.6 Å². The van der Waals surface area contributed by atoms with Crippen LogP contribution in [-0.2, 0) is 16.1 Å². The van der Waals surface area contributed by atoms with E-state index in [9.17, 15) is 14.4 Å². The summed E-state index contributed by atoms with van der Waals surface area (Å²) < 4.78 is 0. The van der Waals surface area contributed by atoms with Gasteiger partial charge in [-0.15, -0.1) is 0 Å². The monoisotopic (exact) mass is 476 g/mol. The van der Waals surface area contributed by atoms with Gasteiger partial charge in [-0.2, -0.15) is 5.01 Å². The Labute approximate surface area is 195 Å². The van der Waals surface area contributed by atoms with Gasteiger partial charge in [-0.1, -0.05) is 59.9 Å². The number of nitrogens with zero attached hydrogens (tertiary/aromatic N) is 2. The Morgan fingerprint density at radius 1 is 1.03 bits per heavy atom. The topological polar surface area (TPSA) is 57.7 Å². The highest BCUT2D eigenvalue weighted by molar-refractivity contribution is 6.42. The molecule has 0 N–H and O–H groups in total. The molecule has 3 atom stereocenters. The third kappa shape index (κ3) is 4.10. The van der Waals surface area contributed by atoms with Crippen LogP contribution in [0.15, 0.2) is 54.6 Å². The molecule has 1 heterocycles. The van der Waals surface area contributed by atoms with Crippen molar-refractivity contribution < 1.29 is 14.4 Å². The minimum absolute atomic E-state index is 0.0168. The quantitative estimate of drug-likeness (QED) is 0.437. The van der Waals surface area contributed by atoms with Crippen LogP contribution >= 0.6 is 34.8 Å². The Morgan fingerprint density at radius 2 is 1.74 bits per heavy atom. The zero-order valence-corrected chi connectivity index (χ0v) is 18.9. The molecule has 3 amide bonds. The second kappa shape index (κ2) is 8.65. The molecule has 0 bridgehead atoms. The maximum Gasteiger partial charge on any atom is 0.273 e. The smallest absolute Gasteiger partial charge is 0.272 e. The van der Waals surface area contributed by atoms with Crippen molar-refractivity contribution in [2.75, 3.05) is 0 Å². The normalized spacial score (nSPS) is 22.6. The highest BCUT2D eigenvalue weighted by atomic mass is 35.5. The van der Waals surface area contributed by atoms with Gasteiger partial charge in [-0.25, -0.2) is 5.01 Å². The number of rotatable bonds is 4. The van der Waals surface area contributed by atoms with E-state index in [-0.39, 0.29) is 24.3 Å². The minimum Gasteiger partial charge on any atom is -0.272 e. The fourth-order valence-corrected chi connectivity index (χ4v) is 4.60. The van der Waals surface area contributed by atoms with E-state index in [1.165, 1.54) is 5.01 Å². The number of allylic oxidation sites excluding steroid dienone is 2. The lowest BCUT2D eigenvalue weighted by Crippen LogP contribution is -2.50. The third-order valence-electron chi connectivity index (χ3n) is 5.73. The summed E-state index contributed by atoms with van der Waals surface area (Å²) in [5, 5.41) is 3.38. The van der Waals surface area contributed by atoms with Crippen molar-refractivity contribution in [3.8, 4) is 0 Å². The lowest BCUT2D eigenvalue weighted by atomic mass is 9.78. The van der Waals surface area contributed by atoms with Crippen LogP contribution in [0.3, 0.4) is 0 Å². The molecule has 0 radical (unpaired) electrons. The first-order chi connectivity index (χ1) is 14.8. The van der Waals surface area contributed by atoms with Crippen LogP contribution in [0.1, 0.15) is 29.3 Å². The van der Waals surface area contributed by atoms with Crippen LogP contribution in [0.4, 0.5) is 0 Å². The molecule has 4 rings (SSSR count). The number of amides is 3. The van der Waals surface area contributed by atoms with Crippen LogP contribution < -0.4 is 0 Å². The molecule has 0 aromatic heterocycles. The molecular weight excluding hydrogens is 459 g/mol. The second-order valence-corrected chi connectivity index (χ2v) is 9.01. The van der Waals surface area contributed by atoms with Crippen LogP contribution in [0.5, 0.6) is 0 Å². The highest BCUT2D eigenvalue weighted by Gasteiger charge is 2.53. The summed E-state index contributed by atoms with van der Waals surface area (Å²) in [4.78, 5) is 40.0. The van der Waals surface area contributed by atoms with E-state index in [0.717, 1.165) is 5.01 Å². The molecule has 0 saturated carbocycles. The van der Waals surface area contributed by atoms with Gasteiger partial charge in [0.15, 0.2) is 0 Å². The van der Waals surface area contributed by atoms with E-state index in [4.69, 9.17) is 34.8 Å². The summed E-state index contributed by atoms with van der Waals surface area (Å²) in [6, 6.07) is 11.2. The van der Waals surface area contributed by atoms with Gasteiger partial charge in [0.2, 0.25) is 0 Å². The Balaban J connectivity index is 1.73. The van der Waals surface area contributed by atoms with Gasteiger partial charge in [0.1, 0.15) is 0 Å². The van der Waals surface area contributed by atoms with E-state index >= 15 is 0 Å². The largest absolute Gasteiger partial charge is 0.273 e. The first kappa shape index (κ1) is 21.9. The van der Waals surface area contributed by atoms with Gasteiger partial charge in [-0.05, 0) is 54.3 Å². The molecule has 1 fully saturated rings. The Kier molecular flexibility index (Phi) is 6.11. The van der Waals surface area contributed by atoms with Crippen molar-refractivity contribution in [1.82, 2.24) is 10.0 Å². The lowest BCUT2D eigenvalue weighted by molar-refractivity contribution is -0.155. The molecular formula is C23H19Cl3N2O3. The molecule has 2 aromatic carbocycles. The maximum absolute atomic E-state index is 13.4. The summed E-state index contributed by atoms with van der Waals surface area (Å²) in [6.45, 7) is 1.89. The Bertz CT molecular complexity index is 1080. The van der Waals surface area contributed by atoms with Gasteiger partial charge in [0.05, 0.1) is 28.4 Å². The number of hydrogen-bond donors (Lipinski definition) is 0. The van der Waals surface area contributed by atoms with Gasteiger partial charge in [0.25, 0.3) is 17.7 Å². The fourth-order valence-electron chi connectivity index (χ4n) is 4.15. The van der Waals surface area contributed by atoms with Crippen molar-refractivity contribution >= 4 is 52.5 Å². The molecule has 0 spiro atoms. The molecule has 2 aliphatic rings. The first-order valence-electron chi connectivity index (χ1n) is 9.83. The van der Waals surface area contributed by atoms with Crippen LogP contribution in [0, 0.1) is 17.8 Å². The number of fused-ring (bicyclic) bond motifs is 1. The molecule has 1 aliphatic carbocycles. The summed E-state index contributed by atoms with van der Waals surface area (Å²) in [7, 11) is 0. The van der Waals surface area contributed by atoms with E-state index < -0.39 is 17.7 Å². The molecule has 1 aliphatic heterocycles. The molecule has 8 heteroatoms. The van der Waals surface area contributed by atoms with Crippen molar-refractivity contribution in [1.29, 1.82) is 0 Å². The van der Waals surface area contributed by atoms with Crippen LogP contribution in [-0.4, -0.2) is 27.7 Å². The van der Waals surface area contributed by atoms with Crippen molar-refractivity contribution in [3.05, 3.63) is 80.8 Å². The molecule has 1 saturated heterocycles. The summed E-state index contributed by atoms with van der Waals surface area (Å²) >= 11 is 18.1. The van der Waals surface area contributed by atoms with Crippen LogP contribution in [0.2, 0.25) is 15.1 Å². The standard InChI is InChI=1S/C23H19Cl3N2O3/c1-13-3-2-4-17-20(13)23(31)28(22(17)30)27(12-14-5-10-18(25)19(26)11-14)21(29)15-6-8-16(24)9-7-15/h2-3,5-11,13,17,20H,4,12H2,1H3/t13-,17+,20+/m1/s1. The fraction of sp³-hybridized carbons (Fsp3) is 0.261. The first-order valence-corrected chi connectivity index (χ1v) is 11.0. The summed E-state index contributed by atoms with van der Waals surface area (Å²) in [6.07, 6.45) is 4.34. The highest BCUT2D eigenvalue weighted by Crippen LogP contribution is 2.39. The molecule has 2 aromatic rings. The summed E-state index contributed by atoms with van der Waals surface area (Å²) in [5.74, 6) is -2.25. The van der Waals surface area contributed by atoms with Gasteiger partial charge >= 0.3 is 0 Å². The van der Waals surface area contributed by atoms with Crippen LogP contribution in [0.25, 0.3) is 0 Å². The average Bonchev–Trinajstić information content (AvgIpc) is 3.00. The lowest BCUT2D eigenvalue weighted by Gasteiger charge is -2.31. The Morgan fingerprint density at radius 3 is 2.39 bits per heavy atom. The van der Waals surface area contributed by atoms with Gasteiger partial charge < -0.3 is 0 Å². The van der Waals surface area contributed by atoms with Gasteiger partial charge in [-0.3, -0.25) is 14.4 Å². The number of benzene rings is 2. The average molecular weight is 478 g/mol. The number of carbonyl (C=O) groups is 3. The molecule has 160 valence electrons. The molecule has 31 heavy (non-hydrogen) atoms. The number of hydrogen-bond acceptors (Lipinski definition) is 3. The van der Waals surface area contributed by atoms with E-state index in [1.54, 1.807) is 42.5 Å². The Hall–Kier alpha value is -2.34. The van der Waals surface area contributed by atoms with E-state index in [2.05, 4.69) is 0 Å². The number of halogens is 3. The van der Waals surface area contributed by atoms with Crippen molar-refractivity contribution in [2.45, 2.75) is 19.9 Å². The SMILES string of the molecule is C[C@@H]1C=CC[C@@H]2C(=O)N(N(Cc3ccc(Cl)c(Cl)c3)C(=O)c3ccc(Cl)cc3)C(=O)[C@@H]12. The predicted molar refractivity (Wildman–Crippen MR) is 120 cm³/mol. The number of hydrazine groups is 1. The number of imide groups is 1. The zero-order chi connectivity index (χ0) is 22.3. The third-order valence-corrected chi connectivity index (χ3v) is 6.72. The van der Waals surface area contributed by atoms with E-state index in [1.807, 2.05) is 19.1 Å². The second-order valence-electron chi connectivity index (χ2n) is 7.76. The summed E-state index contributed by atoms with van der Waals surface area (Å²) in [5.41, 5.74) is 0.949. The molecule has 5 nitrogen and oxygen atoms in total. The van der Waals surface area contributed by atoms with Crippen molar-refractivity contribution in [3.63, 3.8) is 0 Å². The van der Waals surface area contributed by atoms with Crippen molar-refractivity contribution in [2.24, 2.45) is 17.8 Å². The predicted octanol–water partition coefficient (Wildman–Crippen LogP) is 5.40. The molecule has 0 unspecified atom stereocenters. The minimum atomic E-state index is -0.483. The number of carbonyl (C=O) groups excluding carboxylic acids is 3.